The minimum Gasteiger partial charge on any atom is -0.490 e. The molecule has 0 unspecified atom stereocenters. The molecule has 0 spiro atoms. The fraction of sp³-hybridized carbons (Fsp3) is 0.308. The molecular formula is C13H15FN2OS. The van der Waals surface area contributed by atoms with Gasteiger partial charge >= 0.3 is 0 Å². The van der Waals surface area contributed by atoms with Crippen LogP contribution in [0.2, 0.25) is 0 Å². The number of hydrogen-bond donors (Lipinski definition) is 1. The zero-order valence-corrected chi connectivity index (χ0v) is 11.0. The van der Waals surface area contributed by atoms with E-state index in [2.05, 4.69) is 4.98 Å². The monoisotopic (exact) mass is 266 g/mol. The summed E-state index contributed by atoms with van der Waals surface area (Å²) in [5.41, 5.74) is 9.02. The molecule has 0 aliphatic heterocycles. The standard InChI is InChI=1S/C13H15FN2OS/c1-9-13(18-8-16-9)4-5-17-12-3-2-10(7-15)6-11(12)14/h2-3,6,8H,4-5,7,15H2,1H3. The van der Waals surface area contributed by atoms with Crippen LogP contribution in [-0.2, 0) is 13.0 Å². The summed E-state index contributed by atoms with van der Waals surface area (Å²) in [6.45, 7) is 2.74. The van der Waals surface area contributed by atoms with Crippen molar-refractivity contribution in [2.75, 3.05) is 6.61 Å². The second-order valence-electron chi connectivity index (χ2n) is 3.93. The number of benzene rings is 1. The number of nitrogens with two attached hydrogens (primary N) is 1. The van der Waals surface area contributed by atoms with E-state index in [9.17, 15) is 4.39 Å². The fourth-order valence-corrected chi connectivity index (χ4v) is 2.37. The van der Waals surface area contributed by atoms with Gasteiger partial charge < -0.3 is 10.5 Å². The Hall–Kier alpha value is -1.46. The van der Waals surface area contributed by atoms with Gasteiger partial charge in [0.2, 0.25) is 0 Å². The third-order valence-electron chi connectivity index (χ3n) is 2.66. The van der Waals surface area contributed by atoms with Gasteiger partial charge in [-0.05, 0) is 24.6 Å². The second-order valence-corrected chi connectivity index (χ2v) is 4.87. The molecular weight excluding hydrogens is 251 g/mol. The molecule has 3 nitrogen and oxygen atoms in total. The van der Waals surface area contributed by atoms with E-state index in [-0.39, 0.29) is 11.6 Å². The van der Waals surface area contributed by atoms with Crippen molar-refractivity contribution in [3.8, 4) is 5.75 Å². The average Bonchev–Trinajstić information content (AvgIpc) is 2.77. The molecule has 5 heteroatoms. The van der Waals surface area contributed by atoms with Gasteiger partial charge in [0, 0.05) is 17.8 Å². The van der Waals surface area contributed by atoms with Crippen LogP contribution < -0.4 is 10.5 Å². The number of thiazole rings is 1. The van der Waals surface area contributed by atoms with Crippen LogP contribution >= 0.6 is 11.3 Å². The number of nitrogens with zero attached hydrogens (tertiary/aromatic N) is 1. The predicted octanol–water partition coefficient (Wildman–Crippen LogP) is 2.67. The first-order valence-corrected chi connectivity index (χ1v) is 6.59. The number of aryl methyl sites for hydroxylation is 1. The molecule has 1 aromatic heterocycles. The number of aromatic nitrogens is 1. The Kier molecular flexibility index (Phi) is 4.28. The van der Waals surface area contributed by atoms with Crippen molar-refractivity contribution < 1.29 is 9.13 Å². The van der Waals surface area contributed by atoms with Gasteiger partial charge in [0.15, 0.2) is 11.6 Å². The Balaban J connectivity index is 1.92. The molecule has 0 fully saturated rings. The van der Waals surface area contributed by atoms with E-state index < -0.39 is 0 Å². The van der Waals surface area contributed by atoms with Crippen molar-refractivity contribution in [2.45, 2.75) is 19.9 Å². The van der Waals surface area contributed by atoms with Gasteiger partial charge in [-0.1, -0.05) is 6.07 Å². The van der Waals surface area contributed by atoms with Gasteiger partial charge in [-0.15, -0.1) is 11.3 Å². The molecule has 0 aliphatic rings. The topological polar surface area (TPSA) is 48.1 Å². The highest BCUT2D eigenvalue weighted by Crippen LogP contribution is 2.19. The molecule has 1 heterocycles. The molecule has 18 heavy (non-hydrogen) atoms. The fourth-order valence-electron chi connectivity index (χ4n) is 1.61. The zero-order chi connectivity index (χ0) is 13.0. The van der Waals surface area contributed by atoms with Crippen LogP contribution in [0.15, 0.2) is 23.7 Å². The van der Waals surface area contributed by atoms with E-state index in [0.717, 1.165) is 17.7 Å². The maximum absolute atomic E-state index is 13.6. The van der Waals surface area contributed by atoms with E-state index in [1.54, 1.807) is 29.0 Å². The molecule has 0 bridgehead atoms. The van der Waals surface area contributed by atoms with Crippen molar-refractivity contribution in [1.82, 2.24) is 4.98 Å². The number of rotatable bonds is 5. The molecule has 2 aromatic rings. The Morgan fingerprint density at radius 1 is 1.44 bits per heavy atom. The van der Waals surface area contributed by atoms with Gasteiger partial charge in [-0.25, -0.2) is 9.37 Å². The molecule has 96 valence electrons. The summed E-state index contributed by atoms with van der Waals surface area (Å²) in [6.07, 6.45) is 0.745. The Labute approximate surface area is 109 Å². The maximum Gasteiger partial charge on any atom is 0.165 e. The first-order valence-electron chi connectivity index (χ1n) is 5.71. The molecule has 0 radical (unpaired) electrons. The van der Waals surface area contributed by atoms with Crippen molar-refractivity contribution in [1.29, 1.82) is 0 Å². The zero-order valence-electron chi connectivity index (χ0n) is 10.1. The lowest BCUT2D eigenvalue weighted by atomic mass is 10.2. The molecule has 0 saturated heterocycles. The van der Waals surface area contributed by atoms with Gasteiger partial charge in [0.05, 0.1) is 17.8 Å². The number of hydrogen-bond acceptors (Lipinski definition) is 4. The Morgan fingerprint density at radius 2 is 2.28 bits per heavy atom. The summed E-state index contributed by atoms with van der Waals surface area (Å²) in [7, 11) is 0. The molecule has 1 aromatic carbocycles. The third-order valence-corrected chi connectivity index (χ3v) is 3.66. The van der Waals surface area contributed by atoms with Crippen LogP contribution in [0.4, 0.5) is 4.39 Å². The summed E-state index contributed by atoms with van der Waals surface area (Å²) in [4.78, 5) is 5.33. The smallest absolute Gasteiger partial charge is 0.165 e. The molecule has 2 rings (SSSR count). The summed E-state index contributed by atoms with van der Waals surface area (Å²) < 4.78 is 19.0. The summed E-state index contributed by atoms with van der Waals surface area (Å²) in [6, 6.07) is 4.81. The van der Waals surface area contributed by atoms with Crippen LogP contribution in [0.3, 0.4) is 0 Å². The molecule has 0 amide bonds. The van der Waals surface area contributed by atoms with Gasteiger partial charge in [0.1, 0.15) is 0 Å². The SMILES string of the molecule is Cc1ncsc1CCOc1ccc(CN)cc1F. The van der Waals surface area contributed by atoms with Crippen LogP contribution in [0.1, 0.15) is 16.1 Å². The summed E-state index contributed by atoms with van der Waals surface area (Å²) in [5.74, 6) is -0.0895. The van der Waals surface area contributed by atoms with Crippen molar-refractivity contribution in [3.63, 3.8) is 0 Å². The highest BCUT2D eigenvalue weighted by molar-refractivity contribution is 7.09. The van der Waals surface area contributed by atoms with E-state index in [1.807, 2.05) is 6.92 Å². The van der Waals surface area contributed by atoms with Gasteiger partial charge in [-0.3, -0.25) is 0 Å². The van der Waals surface area contributed by atoms with E-state index in [0.29, 0.717) is 13.2 Å². The highest BCUT2D eigenvalue weighted by atomic mass is 32.1. The molecule has 2 N–H and O–H groups in total. The number of ether oxygens (including phenoxy) is 1. The quantitative estimate of drug-likeness (QED) is 0.905. The minimum atomic E-state index is -0.362. The second kappa shape index (κ2) is 5.93. The van der Waals surface area contributed by atoms with E-state index in [1.165, 1.54) is 10.9 Å². The molecule has 0 atom stereocenters. The van der Waals surface area contributed by atoms with E-state index >= 15 is 0 Å². The summed E-state index contributed by atoms with van der Waals surface area (Å²) in [5, 5.41) is 0. The third kappa shape index (κ3) is 3.05. The normalized spacial score (nSPS) is 10.6. The first-order chi connectivity index (χ1) is 8.70. The lowest BCUT2D eigenvalue weighted by molar-refractivity contribution is 0.306. The van der Waals surface area contributed by atoms with Crippen LogP contribution in [0.5, 0.6) is 5.75 Å². The summed E-state index contributed by atoms with van der Waals surface area (Å²) >= 11 is 1.59. The maximum atomic E-state index is 13.6. The van der Waals surface area contributed by atoms with Crippen molar-refractivity contribution in [3.05, 3.63) is 45.7 Å². The predicted molar refractivity (Wildman–Crippen MR) is 70.3 cm³/mol. The number of halogens is 1. The molecule has 0 saturated carbocycles. The van der Waals surface area contributed by atoms with Crippen molar-refractivity contribution >= 4 is 11.3 Å². The van der Waals surface area contributed by atoms with Crippen molar-refractivity contribution in [2.24, 2.45) is 5.73 Å². The van der Waals surface area contributed by atoms with Gasteiger partial charge in [0.25, 0.3) is 0 Å². The van der Waals surface area contributed by atoms with Crippen LogP contribution in [-0.4, -0.2) is 11.6 Å². The minimum absolute atomic E-state index is 0.273. The first kappa shape index (κ1) is 13.0. The highest BCUT2D eigenvalue weighted by Gasteiger charge is 2.06. The van der Waals surface area contributed by atoms with E-state index in [4.69, 9.17) is 10.5 Å². The van der Waals surface area contributed by atoms with Crippen LogP contribution in [0, 0.1) is 12.7 Å². The van der Waals surface area contributed by atoms with Gasteiger partial charge in [-0.2, -0.15) is 0 Å². The van der Waals surface area contributed by atoms with Crippen LogP contribution in [0.25, 0.3) is 0 Å². The Bertz CT molecular complexity index is 527. The lowest BCUT2D eigenvalue weighted by Gasteiger charge is -2.07. The lowest BCUT2D eigenvalue weighted by Crippen LogP contribution is -2.04. The Morgan fingerprint density at radius 3 is 2.89 bits per heavy atom. The largest absolute Gasteiger partial charge is 0.490 e. The average molecular weight is 266 g/mol. The molecule has 0 aliphatic carbocycles.